The number of hydrogen-bond acceptors (Lipinski definition) is 5. The fraction of sp³-hybridized carbons (Fsp3) is 0.421. The number of amides is 1. The highest BCUT2D eigenvalue weighted by Gasteiger charge is 2.29. The molecule has 0 spiro atoms. The topological polar surface area (TPSA) is 67.3 Å². The van der Waals surface area contributed by atoms with Gasteiger partial charge in [0.2, 0.25) is 11.8 Å². The van der Waals surface area contributed by atoms with Gasteiger partial charge in [-0.3, -0.25) is 14.7 Å². The lowest BCUT2D eigenvalue weighted by atomic mass is 10.1. The van der Waals surface area contributed by atoms with E-state index in [1.165, 1.54) is 0 Å². The first-order chi connectivity index (χ1) is 12.3. The summed E-state index contributed by atoms with van der Waals surface area (Å²) in [5.41, 5.74) is 1.81. The smallest absolute Gasteiger partial charge is 0.242 e. The molecule has 1 atom stereocenters. The second kappa shape index (κ2) is 8.58. The lowest BCUT2D eigenvalue weighted by Crippen LogP contribution is -2.39. The molecule has 0 radical (unpaired) electrons. The molecule has 2 aromatic rings. The molecular weight excluding hydrogens is 316 g/mol. The van der Waals surface area contributed by atoms with Gasteiger partial charge in [-0.1, -0.05) is 12.1 Å². The van der Waals surface area contributed by atoms with Crippen molar-refractivity contribution in [3.8, 4) is 5.88 Å². The number of carbonyl (C=O) groups excluding carboxylic acids is 1. The predicted molar refractivity (Wildman–Crippen MR) is 95.0 cm³/mol. The zero-order valence-corrected chi connectivity index (χ0v) is 14.5. The minimum absolute atomic E-state index is 0.0128. The van der Waals surface area contributed by atoms with Gasteiger partial charge >= 0.3 is 0 Å². The van der Waals surface area contributed by atoms with E-state index >= 15 is 0 Å². The number of aromatic nitrogens is 2. The SMILES string of the molecule is CCOc1ncccc1CNC(=O)[C@@H](c1cccnc1)N1CCCC1. The van der Waals surface area contributed by atoms with E-state index in [-0.39, 0.29) is 11.9 Å². The highest BCUT2D eigenvalue weighted by atomic mass is 16.5. The van der Waals surface area contributed by atoms with Crippen LogP contribution in [0.25, 0.3) is 0 Å². The average molecular weight is 340 g/mol. The zero-order chi connectivity index (χ0) is 17.5. The molecule has 3 rings (SSSR count). The summed E-state index contributed by atoms with van der Waals surface area (Å²) < 4.78 is 5.53. The van der Waals surface area contributed by atoms with Crippen LogP contribution in [0.3, 0.4) is 0 Å². The van der Waals surface area contributed by atoms with Crippen molar-refractivity contribution in [1.82, 2.24) is 20.2 Å². The molecule has 2 aromatic heterocycles. The van der Waals surface area contributed by atoms with Gasteiger partial charge in [0.05, 0.1) is 6.61 Å². The maximum absolute atomic E-state index is 12.9. The summed E-state index contributed by atoms with van der Waals surface area (Å²) in [4.78, 5) is 23.6. The molecule has 1 amide bonds. The van der Waals surface area contributed by atoms with Crippen molar-refractivity contribution in [3.05, 3.63) is 54.0 Å². The predicted octanol–water partition coefficient (Wildman–Crippen LogP) is 2.33. The molecular formula is C19H24N4O2. The molecule has 0 aliphatic carbocycles. The van der Waals surface area contributed by atoms with Crippen molar-refractivity contribution in [2.75, 3.05) is 19.7 Å². The molecule has 132 valence electrons. The van der Waals surface area contributed by atoms with Crippen molar-refractivity contribution in [2.24, 2.45) is 0 Å². The number of rotatable bonds is 7. The van der Waals surface area contributed by atoms with Crippen LogP contribution >= 0.6 is 0 Å². The molecule has 0 aromatic carbocycles. The molecule has 0 unspecified atom stereocenters. The first-order valence-corrected chi connectivity index (χ1v) is 8.78. The fourth-order valence-electron chi connectivity index (χ4n) is 3.17. The molecule has 6 nitrogen and oxygen atoms in total. The van der Waals surface area contributed by atoms with E-state index in [9.17, 15) is 4.79 Å². The van der Waals surface area contributed by atoms with E-state index < -0.39 is 0 Å². The third-order valence-corrected chi connectivity index (χ3v) is 4.34. The summed E-state index contributed by atoms with van der Waals surface area (Å²) in [5, 5.41) is 3.04. The summed E-state index contributed by atoms with van der Waals surface area (Å²) in [6, 6.07) is 7.31. The van der Waals surface area contributed by atoms with Gasteiger partial charge in [0, 0.05) is 30.7 Å². The molecule has 0 saturated carbocycles. The maximum atomic E-state index is 12.9. The molecule has 1 aliphatic rings. The van der Waals surface area contributed by atoms with E-state index in [0.29, 0.717) is 19.0 Å². The maximum Gasteiger partial charge on any atom is 0.242 e. The van der Waals surface area contributed by atoms with Crippen molar-refractivity contribution in [2.45, 2.75) is 32.4 Å². The van der Waals surface area contributed by atoms with Gasteiger partial charge in [-0.2, -0.15) is 0 Å². The summed E-state index contributed by atoms with van der Waals surface area (Å²) in [5.74, 6) is 0.561. The normalized spacial score (nSPS) is 15.7. The van der Waals surface area contributed by atoms with Gasteiger partial charge in [-0.15, -0.1) is 0 Å². The molecule has 1 saturated heterocycles. The summed E-state index contributed by atoms with van der Waals surface area (Å²) in [6.07, 6.45) is 7.45. The van der Waals surface area contributed by atoms with Gasteiger partial charge < -0.3 is 10.1 Å². The third kappa shape index (κ3) is 4.33. The van der Waals surface area contributed by atoms with Crippen molar-refractivity contribution < 1.29 is 9.53 Å². The Bertz CT molecular complexity index is 687. The fourth-order valence-corrected chi connectivity index (χ4v) is 3.17. The molecule has 0 bridgehead atoms. The molecule has 1 aliphatic heterocycles. The number of hydrogen-bond donors (Lipinski definition) is 1. The van der Waals surface area contributed by atoms with Gasteiger partial charge in [-0.05, 0) is 50.6 Å². The van der Waals surface area contributed by atoms with Gasteiger partial charge in [0.15, 0.2) is 0 Å². The molecule has 3 heterocycles. The molecule has 6 heteroatoms. The van der Waals surface area contributed by atoms with Crippen LogP contribution in [0.1, 0.15) is 36.9 Å². The Kier molecular flexibility index (Phi) is 5.95. The Morgan fingerprint density at radius 3 is 2.80 bits per heavy atom. The van der Waals surface area contributed by atoms with E-state index in [1.54, 1.807) is 18.6 Å². The van der Waals surface area contributed by atoms with Crippen molar-refractivity contribution in [3.63, 3.8) is 0 Å². The number of carbonyl (C=O) groups is 1. The highest BCUT2D eigenvalue weighted by Crippen LogP contribution is 2.25. The van der Waals surface area contributed by atoms with Gasteiger partial charge in [0.25, 0.3) is 0 Å². The Morgan fingerprint density at radius 1 is 1.28 bits per heavy atom. The number of likely N-dealkylation sites (tertiary alicyclic amines) is 1. The van der Waals surface area contributed by atoms with Crippen LogP contribution in [0, 0.1) is 0 Å². The molecule has 1 fully saturated rings. The first-order valence-electron chi connectivity index (χ1n) is 8.78. The van der Waals surface area contributed by atoms with Crippen LogP contribution in [0.5, 0.6) is 5.88 Å². The van der Waals surface area contributed by atoms with Crippen molar-refractivity contribution >= 4 is 5.91 Å². The summed E-state index contributed by atoms with van der Waals surface area (Å²) in [6.45, 7) is 4.73. The Hall–Kier alpha value is -2.47. The van der Waals surface area contributed by atoms with Crippen LogP contribution in [-0.2, 0) is 11.3 Å². The van der Waals surface area contributed by atoms with Crippen LogP contribution in [0.2, 0.25) is 0 Å². The second-order valence-corrected chi connectivity index (χ2v) is 6.05. The third-order valence-electron chi connectivity index (χ3n) is 4.34. The first kappa shape index (κ1) is 17.4. The van der Waals surface area contributed by atoms with Crippen molar-refractivity contribution in [1.29, 1.82) is 0 Å². The Balaban J connectivity index is 1.73. The second-order valence-electron chi connectivity index (χ2n) is 6.05. The minimum Gasteiger partial charge on any atom is -0.478 e. The summed E-state index contributed by atoms with van der Waals surface area (Å²) in [7, 11) is 0. The molecule has 25 heavy (non-hydrogen) atoms. The summed E-state index contributed by atoms with van der Waals surface area (Å²) >= 11 is 0. The monoisotopic (exact) mass is 340 g/mol. The number of ether oxygens (including phenoxy) is 1. The lowest BCUT2D eigenvalue weighted by molar-refractivity contribution is -0.126. The number of nitrogens with one attached hydrogen (secondary N) is 1. The zero-order valence-electron chi connectivity index (χ0n) is 14.5. The lowest BCUT2D eigenvalue weighted by Gasteiger charge is -2.26. The Labute approximate surface area is 148 Å². The largest absolute Gasteiger partial charge is 0.478 e. The highest BCUT2D eigenvalue weighted by molar-refractivity contribution is 5.83. The van der Waals surface area contributed by atoms with Crippen LogP contribution in [0.15, 0.2) is 42.9 Å². The Morgan fingerprint density at radius 2 is 2.08 bits per heavy atom. The van der Waals surface area contributed by atoms with Crippen LogP contribution in [-0.4, -0.2) is 40.5 Å². The number of nitrogens with zero attached hydrogens (tertiary/aromatic N) is 3. The quantitative estimate of drug-likeness (QED) is 0.838. The average Bonchev–Trinajstić information content (AvgIpc) is 3.16. The van der Waals surface area contributed by atoms with E-state index in [1.807, 2.05) is 31.2 Å². The molecule has 1 N–H and O–H groups in total. The standard InChI is InChI=1S/C19H24N4O2/c1-2-25-19-16(8-6-10-21-19)14-22-18(24)17(23-11-3-4-12-23)15-7-5-9-20-13-15/h5-10,13,17H,2-4,11-12,14H2,1H3,(H,22,24)/t17-/m1/s1. The van der Waals surface area contributed by atoms with E-state index in [4.69, 9.17) is 4.74 Å². The van der Waals surface area contributed by atoms with E-state index in [2.05, 4.69) is 20.2 Å². The van der Waals surface area contributed by atoms with Crippen LogP contribution in [0.4, 0.5) is 0 Å². The van der Waals surface area contributed by atoms with Crippen LogP contribution < -0.4 is 10.1 Å². The van der Waals surface area contributed by atoms with Gasteiger partial charge in [0.1, 0.15) is 6.04 Å². The van der Waals surface area contributed by atoms with E-state index in [0.717, 1.165) is 37.1 Å². The number of pyridine rings is 2. The minimum atomic E-state index is -0.302. The van der Waals surface area contributed by atoms with Gasteiger partial charge in [-0.25, -0.2) is 4.98 Å².